The highest BCUT2D eigenvalue weighted by atomic mass is 19.1. The molecule has 30 heavy (non-hydrogen) atoms. The van der Waals surface area contributed by atoms with Crippen LogP contribution < -0.4 is 0 Å². The van der Waals surface area contributed by atoms with Crippen molar-refractivity contribution >= 4 is 11.8 Å². The molecule has 1 aliphatic heterocycles. The summed E-state index contributed by atoms with van der Waals surface area (Å²) in [5, 5.41) is 0. The average Bonchev–Trinajstić information content (AvgIpc) is 3.17. The molecular weight excluding hydrogens is 383 g/mol. The van der Waals surface area contributed by atoms with Crippen LogP contribution in [0.15, 0.2) is 67.0 Å². The topological polar surface area (TPSA) is 58.4 Å². The smallest absolute Gasteiger partial charge is 0.245 e. The van der Waals surface area contributed by atoms with Gasteiger partial charge in [-0.15, -0.1) is 0 Å². The predicted octanol–water partition coefficient (Wildman–Crippen LogP) is 2.83. The van der Waals surface area contributed by atoms with Crippen molar-refractivity contribution in [2.24, 2.45) is 0 Å². The van der Waals surface area contributed by atoms with Gasteiger partial charge < -0.3 is 14.4 Å². The first-order chi connectivity index (χ1) is 14.5. The highest BCUT2D eigenvalue weighted by Gasteiger charge is 2.37. The number of hydrogen-bond acceptors (Lipinski definition) is 3. The highest BCUT2D eigenvalue weighted by Crippen LogP contribution is 2.19. The third-order valence-corrected chi connectivity index (χ3v) is 5.35. The number of hydrogen-bond donors (Lipinski definition) is 0. The van der Waals surface area contributed by atoms with Crippen LogP contribution in [0.3, 0.4) is 0 Å². The summed E-state index contributed by atoms with van der Waals surface area (Å²) in [7, 11) is 0. The van der Waals surface area contributed by atoms with Gasteiger partial charge in [-0.25, -0.2) is 9.37 Å². The monoisotopic (exact) mass is 406 g/mol. The van der Waals surface area contributed by atoms with E-state index in [9.17, 15) is 14.0 Å². The fourth-order valence-corrected chi connectivity index (χ4v) is 3.73. The van der Waals surface area contributed by atoms with Gasteiger partial charge in [-0.05, 0) is 30.2 Å². The first kappa shape index (κ1) is 19.8. The van der Waals surface area contributed by atoms with Crippen molar-refractivity contribution in [1.29, 1.82) is 0 Å². The van der Waals surface area contributed by atoms with E-state index in [0.717, 1.165) is 11.4 Å². The molecule has 1 aliphatic rings. The van der Waals surface area contributed by atoms with Gasteiger partial charge >= 0.3 is 0 Å². The molecule has 4 rings (SSSR count). The maximum Gasteiger partial charge on any atom is 0.245 e. The number of aromatic nitrogens is 2. The van der Waals surface area contributed by atoms with Gasteiger partial charge in [0, 0.05) is 25.5 Å². The molecule has 7 heteroatoms. The number of nitrogens with zero attached hydrogens (tertiary/aromatic N) is 4. The molecule has 0 unspecified atom stereocenters. The van der Waals surface area contributed by atoms with Crippen LogP contribution in [0.1, 0.15) is 23.9 Å². The molecule has 0 N–H and O–H groups in total. The van der Waals surface area contributed by atoms with Crippen LogP contribution in [0.4, 0.5) is 4.39 Å². The molecule has 1 saturated heterocycles. The van der Waals surface area contributed by atoms with Crippen LogP contribution in [-0.4, -0.2) is 43.8 Å². The first-order valence-electron chi connectivity index (χ1n) is 9.88. The van der Waals surface area contributed by atoms with Gasteiger partial charge in [0.1, 0.15) is 24.2 Å². The Balaban J connectivity index is 1.46. The zero-order chi connectivity index (χ0) is 21.1. The Morgan fingerprint density at radius 3 is 2.53 bits per heavy atom. The second-order valence-corrected chi connectivity index (χ2v) is 7.48. The lowest BCUT2D eigenvalue weighted by molar-refractivity contribution is -0.156. The quantitative estimate of drug-likeness (QED) is 0.633. The Morgan fingerprint density at radius 2 is 1.77 bits per heavy atom. The number of benzene rings is 2. The van der Waals surface area contributed by atoms with Crippen LogP contribution in [0.25, 0.3) is 0 Å². The van der Waals surface area contributed by atoms with Crippen LogP contribution in [-0.2, 0) is 29.2 Å². The van der Waals surface area contributed by atoms with Crippen LogP contribution in [0.5, 0.6) is 0 Å². The largest absolute Gasteiger partial charge is 0.329 e. The van der Waals surface area contributed by atoms with Crippen LogP contribution >= 0.6 is 0 Å². The fraction of sp³-hybridized carbons (Fsp3) is 0.261. The molecule has 0 radical (unpaired) electrons. The van der Waals surface area contributed by atoms with E-state index in [-0.39, 0.29) is 37.3 Å². The highest BCUT2D eigenvalue weighted by molar-refractivity contribution is 5.94. The van der Waals surface area contributed by atoms with Crippen molar-refractivity contribution in [3.63, 3.8) is 0 Å². The SMILES string of the molecule is C[C@H]1C(=O)N(Cc2cccc(F)c2)CC(=O)N1Cc1nccn1Cc1ccccc1. The van der Waals surface area contributed by atoms with E-state index in [1.54, 1.807) is 30.2 Å². The summed E-state index contributed by atoms with van der Waals surface area (Å²) >= 11 is 0. The molecule has 2 heterocycles. The van der Waals surface area contributed by atoms with Crippen molar-refractivity contribution in [1.82, 2.24) is 19.4 Å². The number of carbonyl (C=O) groups is 2. The minimum absolute atomic E-state index is 0.0287. The molecule has 0 spiro atoms. The zero-order valence-corrected chi connectivity index (χ0v) is 16.7. The van der Waals surface area contributed by atoms with Gasteiger partial charge in [0.25, 0.3) is 0 Å². The number of amides is 2. The Kier molecular flexibility index (Phi) is 5.61. The number of carbonyl (C=O) groups excluding carboxylic acids is 2. The number of rotatable bonds is 6. The average molecular weight is 406 g/mol. The summed E-state index contributed by atoms with van der Waals surface area (Å²) in [6.07, 6.45) is 3.58. The molecule has 3 aromatic rings. The minimum Gasteiger partial charge on any atom is -0.329 e. The van der Waals surface area contributed by atoms with E-state index >= 15 is 0 Å². The van der Waals surface area contributed by atoms with Crippen molar-refractivity contribution in [3.05, 3.63) is 89.8 Å². The normalized spacial score (nSPS) is 16.9. The lowest BCUT2D eigenvalue weighted by atomic mass is 10.1. The van der Waals surface area contributed by atoms with E-state index in [1.165, 1.54) is 17.0 Å². The second kappa shape index (κ2) is 8.49. The third kappa shape index (κ3) is 4.25. The van der Waals surface area contributed by atoms with Gasteiger partial charge in [0.2, 0.25) is 11.8 Å². The molecule has 1 fully saturated rings. The van der Waals surface area contributed by atoms with Gasteiger partial charge in [0.05, 0.1) is 6.54 Å². The van der Waals surface area contributed by atoms with E-state index in [1.807, 2.05) is 41.1 Å². The summed E-state index contributed by atoms with van der Waals surface area (Å²) in [5.41, 5.74) is 1.79. The van der Waals surface area contributed by atoms with Crippen molar-refractivity contribution < 1.29 is 14.0 Å². The summed E-state index contributed by atoms with van der Waals surface area (Å²) in [4.78, 5) is 33.2. The van der Waals surface area contributed by atoms with Gasteiger partial charge in [0.15, 0.2) is 0 Å². The van der Waals surface area contributed by atoms with Crippen LogP contribution in [0.2, 0.25) is 0 Å². The molecular formula is C23H23FN4O2. The summed E-state index contributed by atoms with van der Waals surface area (Å²) in [6, 6.07) is 15.5. The van der Waals surface area contributed by atoms with E-state index in [4.69, 9.17) is 0 Å². The minimum atomic E-state index is -0.610. The third-order valence-electron chi connectivity index (χ3n) is 5.35. The zero-order valence-electron chi connectivity index (χ0n) is 16.7. The maximum absolute atomic E-state index is 13.5. The van der Waals surface area contributed by atoms with Crippen molar-refractivity contribution in [3.8, 4) is 0 Å². The van der Waals surface area contributed by atoms with E-state index < -0.39 is 6.04 Å². The first-order valence-corrected chi connectivity index (χ1v) is 9.88. The van der Waals surface area contributed by atoms with E-state index in [0.29, 0.717) is 12.1 Å². The van der Waals surface area contributed by atoms with Crippen molar-refractivity contribution in [2.45, 2.75) is 32.6 Å². The Labute approximate surface area is 174 Å². The molecule has 1 aromatic heterocycles. The van der Waals surface area contributed by atoms with Gasteiger partial charge in [-0.3, -0.25) is 9.59 Å². The maximum atomic E-state index is 13.5. The van der Waals surface area contributed by atoms with E-state index in [2.05, 4.69) is 4.98 Å². The summed E-state index contributed by atoms with van der Waals surface area (Å²) in [6.45, 7) is 2.82. The molecule has 6 nitrogen and oxygen atoms in total. The molecule has 154 valence electrons. The molecule has 0 bridgehead atoms. The summed E-state index contributed by atoms with van der Waals surface area (Å²) in [5.74, 6) is 0.0708. The lowest BCUT2D eigenvalue weighted by Gasteiger charge is -2.38. The Hall–Kier alpha value is -3.48. The van der Waals surface area contributed by atoms with Crippen LogP contribution in [0, 0.1) is 5.82 Å². The molecule has 0 saturated carbocycles. The predicted molar refractivity (Wildman–Crippen MR) is 110 cm³/mol. The fourth-order valence-electron chi connectivity index (χ4n) is 3.73. The van der Waals surface area contributed by atoms with Gasteiger partial charge in [-0.2, -0.15) is 0 Å². The number of halogens is 1. The second-order valence-electron chi connectivity index (χ2n) is 7.48. The molecule has 2 aromatic carbocycles. The lowest BCUT2D eigenvalue weighted by Crippen LogP contribution is -2.58. The molecule has 1 atom stereocenters. The Bertz CT molecular complexity index is 1050. The molecule has 2 amide bonds. The van der Waals surface area contributed by atoms with Crippen molar-refractivity contribution in [2.75, 3.05) is 6.54 Å². The Morgan fingerprint density at radius 1 is 1.00 bits per heavy atom. The standard InChI is InChI=1S/C23H23FN4O2/c1-17-23(30)27(14-19-8-5-9-20(24)12-19)16-22(29)28(17)15-21-25-10-11-26(21)13-18-6-3-2-4-7-18/h2-12,17H,13-16H2,1H3/t17-/m0/s1. The molecule has 0 aliphatic carbocycles. The van der Waals surface area contributed by atoms with Gasteiger partial charge in [-0.1, -0.05) is 42.5 Å². The summed E-state index contributed by atoms with van der Waals surface area (Å²) < 4.78 is 15.4. The number of piperazine rings is 1. The number of imidazole rings is 1.